The van der Waals surface area contributed by atoms with E-state index in [0.29, 0.717) is 16.9 Å². The van der Waals surface area contributed by atoms with E-state index in [0.717, 1.165) is 0 Å². The van der Waals surface area contributed by atoms with Crippen molar-refractivity contribution in [3.63, 3.8) is 0 Å². The molecule has 0 atom stereocenters. The number of phenols is 1. The molecule has 0 spiro atoms. The van der Waals surface area contributed by atoms with E-state index in [1.165, 1.54) is 6.07 Å². The molecule has 0 saturated carbocycles. The zero-order chi connectivity index (χ0) is 9.68. The molecule has 0 aliphatic carbocycles. The number of carbonyl (C=O) groups excluding carboxylic acids is 1. The maximum atomic E-state index is 9.95. The van der Waals surface area contributed by atoms with E-state index in [9.17, 15) is 9.90 Å². The third-order valence-corrected chi connectivity index (χ3v) is 1.60. The fourth-order valence-corrected chi connectivity index (χ4v) is 0.965. The summed E-state index contributed by atoms with van der Waals surface area (Å²) < 4.78 is 0. The lowest BCUT2D eigenvalue weighted by Gasteiger charge is -1.95. The van der Waals surface area contributed by atoms with Crippen molar-refractivity contribution in [1.29, 1.82) is 0 Å². The molecular weight excluding hydrogens is 188 g/mol. The Morgan fingerprint density at radius 1 is 1.54 bits per heavy atom. The van der Waals surface area contributed by atoms with Crippen LogP contribution in [0.1, 0.15) is 12.0 Å². The lowest BCUT2D eigenvalue weighted by atomic mass is 10.2. The molecule has 0 aliphatic rings. The second-order valence-electron chi connectivity index (χ2n) is 2.33. The largest absolute Gasteiger partial charge is 0.507 e. The Balaban J connectivity index is 2.91. The molecule has 0 fully saturated rings. The molecule has 3 heteroatoms. The molecule has 66 valence electrons. The van der Waals surface area contributed by atoms with Crippen molar-refractivity contribution in [2.24, 2.45) is 0 Å². The number of hydrogen-bond donors (Lipinski definition) is 1. The van der Waals surface area contributed by atoms with Gasteiger partial charge in [0.1, 0.15) is 12.0 Å². The van der Waals surface area contributed by atoms with Crippen LogP contribution < -0.4 is 0 Å². The summed E-state index contributed by atoms with van der Waals surface area (Å²) in [6.07, 6.45) is 0.877. The molecule has 0 aliphatic heterocycles. The van der Waals surface area contributed by atoms with Gasteiger partial charge in [0.15, 0.2) is 0 Å². The summed E-state index contributed by atoms with van der Waals surface area (Å²) in [7, 11) is 0. The number of phenolic OH excluding ortho intramolecular Hbond substituents is 1. The summed E-state index contributed by atoms with van der Waals surface area (Å²) in [6.45, 7) is 0. The Kier molecular flexibility index (Phi) is 3.36. The molecule has 1 N–H and O–H groups in total. The average molecular weight is 195 g/mol. The molecule has 0 amide bonds. The van der Waals surface area contributed by atoms with Gasteiger partial charge in [0, 0.05) is 5.02 Å². The van der Waals surface area contributed by atoms with Crippen molar-refractivity contribution >= 4 is 17.9 Å². The SMILES string of the molecule is O=CCC#Cc1ccc(Cl)cc1O. The summed E-state index contributed by atoms with van der Waals surface area (Å²) in [6, 6.07) is 4.65. The molecule has 0 aromatic heterocycles. The quantitative estimate of drug-likeness (QED) is 0.548. The van der Waals surface area contributed by atoms with Crippen molar-refractivity contribution in [2.75, 3.05) is 0 Å². The average Bonchev–Trinajstić information content (AvgIpc) is 2.09. The second kappa shape index (κ2) is 4.54. The monoisotopic (exact) mass is 194 g/mol. The number of carbonyl (C=O) groups is 1. The van der Waals surface area contributed by atoms with Gasteiger partial charge >= 0.3 is 0 Å². The van der Waals surface area contributed by atoms with Gasteiger partial charge in [-0.2, -0.15) is 0 Å². The van der Waals surface area contributed by atoms with Crippen LogP contribution in [0, 0.1) is 11.8 Å². The van der Waals surface area contributed by atoms with Crippen molar-refractivity contribution in [1.82, 2.24) is 0 Å². The summed E-state index contributed by atoms with van der Waals surface area (Å²) >= 11 is 5.61. The van der Waals surface area contributed by atoms with Crippen LogP contribution in [0.2, 0.25) is 5.02 Å². The number of hydrogen-bond acceptors (Lipinski definition) is 2. The molecule has 0 heterocycles. The minimum Gasteiger partial charge on any atom is -0.507 e. The van der Waals surface area contributed by atoms with Crippen molar-refractivity contribution in [3.05, 3.63) is 28.8 Å². The summed E-state index contributed by atoms with van der Waals surface area (Å²) in [5.74, 6) is 5.27. The Morgan fingerprint density at radius 2 is 2.31 bits per heavy atom. The van der Waals surface area contributed by atoms with E-state index in [2.05, 4.69) is 11.8 Å². The number of benzene rings is 1. The number of aldehydes is 1. The van der Waals surface area contributed by atoms with Gasteiger partial charge in [-0.1, -0.05) is 23.4 Å². The molecule has 2 nitrogen and oxygen atoms in total. The Labute approximate surface area is 81.1 Å². The maximum Gasteiger partial charge on any atom is 0.132 e. The first-order valence-electron chi connectivity index (χ1n) is 3.65. The normalized spacial score (nSPS) is 8.69. The van der Waals surface area contributed by atoms with Crippen LogP contribution in [0.25, 0.3) is 0 Å². The molecule has 0 unspecified atom stereocenters. The van der Waals surface area contributed by atoms with Gasteiger partial charge in [-0.15, -0.1) is 0 Å². The topological polar surface area (TPSA) is 37.3 Å². The molecule has 13 heavy (non-hydrogen) atoms. The van der Waals surface area contributed by atoms with Gasteiger partial charge in [0.2, 0.25) is 0 Å². The van der Waals surface area contributed by atoms with E-state index in [1.807, 2.05) is 0 Å². The number of aromatic hydroxyl groups is 1. The van der Waals surface area contributed by atoms with Gasteiger partial charge in [-0.3, -0.25) is 0 Å². The van der Waals surface area contributed by atoms with Crippen molar-refractivity contribution < 1.29 is 9.90 Å². The van der Waals surface area contributed by atoms with Crippen LogP contribution >= 0.6 is 11.6 Å². The van der Waals surface area contributed by atoms with E-state index >= 15 is 0 Å². The highest BCUT2D eigenvalue weighted by molar-refractivity contribution is 6.30. The standard InChI is InChI=1S/C10H7ClO2/c11-9-5-4-8(10(13)7-9)3-1-2-6-12/h4-7,13H,2H2. The van der Waals surface area contributed by atoms with Crippen LogP contribution in [0.4, 0.5) is 0 Å². The fourth-order valence-electron chi connectivity index (χ4n) is 0.798. The number of rotatable bonds is 1. The highest BCUT2D eigenvalue weighted by Crippen LogP contribution is 2.20. The maximum absolute atomic E-state index is 9.95. The highest BCUT2D eigenvalue weighted by atomic mass is 35.5. The zero-order valence-corrected chi connectivity index (χ0v) is 7.51. The minimum absolute atomic E-state index is 0.0332. The van der Waals surface area contributed by atoms with Crippen LogP contribution in [-0.4, -0.2) is 11.4 Å². The molecule has 0 radical (unpaired) electrons. The fraction of sp³-hybridized carbons (Fsp3) is 0.100. The molecule has 1 aromatic carbocycles. The third-order valence-electron chi connectivity index (χ3n) is 1.37. The van der Waals surface area contributed by atoms with Crippen molar-refractivity contribution in [2.45, 2.75) is 6.42 Å². The predicted octanol–water partition coefficient (Wildman–Crippen LogP) is 1.99. The minimum atomic E-state index is 0.0332. The van der Waals surface area contributed by atoms with Gasteiger partial charge in [-0.25, -0.2) is 0 Å². The lowest BCUT2D eigenvalue weighted by Crippen LogP contribution is -1.76. The van der Waals surface area contributed by atoms with E-state index in [4.69, 9.17) is 11.6 Å². The lowest BCUT2D eigenvalue weighted by molar-refractivity contribution is -0.107. The Bertz CT molecular complexity index is 374. The first kappa shape index (κ1) is 9.63. The predicted molar refractivity (Wildman–Crippen MR) is 50.7 cm³/mol. The van der Waals surface area contributed by atoms with Crippen LogP contribution in [0.15, 0.2) is 18.2 Å². The zero-order valence-electron chi connectivity index (χ0n) is 6.75. The molecule has 1 rings (SSSR count). The van der Waals surface area contributed by atoms with Gasteiger partial charge in [0.05, 0.1) is 12.0 Å². The summed E-state index contributed by atoms with van der Waals surface area (Å²) in [5.41, 5.74) is 0.478. The van der Waals surface area contributed by atoms with Crippen molar-refractivity contribution in [3.8, 4) is 17.6 Å². The highest BCUT2D eigenvalue weighted by Gasteiger charge is 1.97. The van der Waals surface area contributed by atoms with Gasteiger partial charge < -0.3 is 9.90 Å². The Morgan fingerprint density at radius 3 is 2.92 bits per heavy atom. The van der Waals surface area contributed by atoms with Crippen LogP contribution in [0.3, 0.4) is 0 Å². The smallest absolute Gasteiger partial charge is 0.132 e. The molecule has 0 bridgehead atoms. The van der Waals surface area contributed by atoms with Gasteiger partial charge in [0.25, 0.3) is 0 Å². The van der Waals surface area contributed by atoms with Gasteiger partial charge in [-0.05, 0) is 18.2 Å². The Hall–Kier alpha value is -1.46. The first-order chi connectivity index (χ1) is 6.24. The summed E-state index contributed by atoms with van der Waals surface area (Å²) in [4.78, 5) is 9.95. The van der Waals surface area contributed by atoms with E-state index < -0.39 is 0 Å². The van der Waals surface area contributed by atoms with E-state index in [-0.39, 0.29) is 12.2 Å². The second-order valence-corrected chi connectivity index (χ2v) is 2.77. The number of halogens is 1. The molecule has 0 saturated heterocycles. The van der Waals surface area contributed by atoms with E-state index in [1.54, 1.807) is 12.1 Å². The molecular formula is C10H7ClO2. The first-order valence-corrected chi connectivity index (χ1v) is 4.03. The third kappa shape index (κ3) is 2.81. The van der Waals surface area contributed by atoms with Crippen LogP contribution in [0.5, 0.6) is 5.75 Å². The summed E-state index contributed by atoms with van der Waals surface area (Å²) in [5, 5.41) is 9.77. The van der Waals surface area contributed by atoms with Crippen LogP contribution in [-0.2, 0) is 4.79 Å². The molecule has 1 aromatic rings.